The molecule has 0 aromatic carbocycles. The van der Waals surface area contributed by atoms with Gasteiger partial charge in [0, 0.05) is 11.9 Å². The maximum atomic E-state index is 5.53. The number of nitrogens with zero attached hydrogens (tertiary/aromatic N) is 3. The fraction of sp³-hybridized carbons (Fsp3) is 0.429. The lowest BCUT2D eigenvalue weighted by atomic mass is 10.2. The SMILES string of the molecule is CCc1cc(CC)n(-c2ccc(CCN)cn2)n1. The third-order valence-electron chi connectivity index (χ3n) is 3.02. The van der Waals surface area contributed by atoms with Crippen LogP contribution in [-0.2, 0) is 19.3 Å². The maximum absolute atomic E-state index is 5.53. The van der Waals surface area contributed by atoms with E-state index >= 15 is 0 Å². The van der Waals surface area contributed by atoms with Gasteiger partial charge in [0.1, 0.15) is 0 Å². The molecule has 0 aliphatic rings. The summed E-state index contributed by atoms with van der Waals surface area (Å²) in [4.78, 5) is 4.47. The predicted octanol–water partition coefficient (Wildman–Crippen LogP) is 1.89. The number of hydrogen-bond acceptors (Lipinski definition) is 3. The first-order valence-corrected chi connectivity index (χ1v) is 6.51. The van der Waals surface area contributed by atoms with E-state index in [2.05, 4.69) is 36.1 Å². The van der Waals surface area contributed by atoms with Crippen molar-refractivity contribution in [1.82, 2.24) is 14.8 Å². The Morgan fingerprint density at radius 3 is 2.61 bits per heavy atom. The summed E-state index contributed by atoms with van der Waals surface area (Å²) in [6.07, 6.45) is 4.66. The van der Waals surface area contributed by atoms with Crippen LogP contribution in [0.2, 0.25) is 0 Å². The maximum Gasteiger partial charge on any atom is 0.153 e. The number of nitrogens with two attached hydrogens (primary N) is 1. The van der Waals surface area contributed by atoms with Crippen LogP contribution in [0.4, 0.5) is 0 Å². The standard InChI is InChI=1S/C14H20N4/c1-3-12-9-13(4-2)18(17-12)14-6-5-11(7-8-15)10-16-14/h5-6,9-10H,3-4,7-8,15H2,1-2H3. The zero-order chi connectivity index (χ0) is 13.0. The minimum absolute atomic E-state index is 0.656. The van der Waals surface area contributed by atoms with E-state index in [0.29, 0.717) is 6.54 Å². The van der Waals surface area contributed by atoms with Gasteiger partial charge in [-0.3, -0.25) is 0 Å². The fourth-order valence-electron chi connectivity index (χ4n) is 1.95. The van der Waals surface area contributed by atoms with Crippen molar-refractivity contribution in [2.45, 2.75) is 33.1 Å². The van der Waals surface area contributed by atoms with E-state index in [9.17, 15) is 0 Å². The second kappa shape index (κ2) is 5.78. The Labute approximate surface area is 108 Å². The second-order valence-corrected chi connectivity index (χ2v) is 4.31. The van der Waals surface area contributed by atoms with Gasteiger partial charge >= 0.3 is 0 Å². The summed E-state index contributed by atoms with van der Waals surface area (Å²) in [7, 11) is 0. The van der Waals surface area contributed by atoms with Crippen LogP contribution in [-0.4, -0.2) is 21.3 Å². The van der Waals surface area contributed by atoms with Crippen LogP contribution >= 0.6 is 0 Å². The molecule has 0 aliphatic carbocycles. The van der Waals surface area contributed by atoms with Crippen molar-refractivity contribution in [1.29, 1.82) is 0 Å². The highest BCUT2D eigenvalue weighted by atomic mass is 15.3. The smallest absolute Gasteiger partial charge is 0.153 e. The largest absolute Gasteiger partial charge is 0.330 e. The number of aryl methyl sites for hydroxylation is 2. The molecule has 4 heteroatoms. The van der Waals surface area contributed by atoms with Crippen LogP contribution in [0.1, 0.15) is 30.8 Å². The summed E-state index contributed by atoms with van der Waals surface area (Å²) in [5.74, 6) is 0.882. The van der Waals surface area contributed by atoms with Crippen molar-refractivity contribution >= 4 is 0 Å². The van der Waals surface area contributed by atoms with E-state index < -0.39 is 0 Å². The van der Waals surface area contributed by atoms with Gasteiger partial charge in [-0.25, -0.2) is 9.67 Å². The van der Waals surface area contributed by atoms with Gasteiger partial charge in [-0.1, -0.05) is 19.9 Å². The molecule has 2 heterocycles. The van der Waals surface area contributed by atoms with E-state index in [0.717, 1.165) is 30.8 Å². The van der Waals surface area contributed by atoms with Crippen molar-refractivity contribution < 1.29 is 0 Å². The lowest BCUT2D eigenvalue weighted by Gasteiger charge is -2.05. The summed E-state index contributed by atoms with van der Waals surface area (Å²) in [5.41, 5.74) is 9.01. The van der Waals surface area contributed by atoms with Crippen LogP contribution in [0.5, 0.6) is 0 Å². The van der Waals surface area contributed by atoms with E-state index in [-0.39, 0.29) is 0 Å². The van der Waals surface area contributed by atoms with Crippen molar-refractivity contribution in [3.05, 3.63) is 41.3 Å². The zero-order valence-electron chi connectivity index (χ0n) is 11.1. The third-order valence-corrected chi connectivity index (χ3v) is 3.02. The molecule has 0 aliphatic heterocycles. The molecule has 2 rings (SSSR count). The van der Waals surface area contributed by atoms with Gasteiger partial charge in [0.2, 0.25) is 0 Å². The molecule has 2 N–H and O–H groups in total. The highest BCUT2D eigenvalue weighted by Crippen LogP contribution is 2.12. The monoisotopic (exact) mass is 244 g/mol. The quantitative estimate of drug-likeness (QED) is 0.874. The van der Waals surface area contributed by atoms with E-state index in [1.54, 1.807) is 0 Å². The third kappa shape index (κ3) is 2.59. The molecule has 96 valence electrons. The minimum Gasteiger partial charge on any atom is -0.330 e. The van der Waals surface area contributed by atoms with Gasteiger partial charge in [0.25, 0.3) is 0 Å². The lowest BCUT2D eigenvalue weighted by molar-refractivity contribution is 0.770. The van der Waals surface area contributed by atoms with Gasteiger partial charge in [-0.15, -0.1) is 0 Å². The Morgan fingerprint density at radius 2 is 2.06 bits per heavy atom. The average molecular weight is 244 g/mol. The summed E-state index contributed by atoms with van der Waals surface area (Å²) in [6, 6.07) is 6.23. The number of aromatic nitrogens is 3. The molecular formula is C14H20N4. The molecular weight excluding hydrogens is 224 g/mol. The fourth-order valence-corrected chi connectivity index (χ4v) is 1.95. The first-order valence-electron chi connectivity index (χ1n) is 6.51. The molecule has 0 spiro atoms. The molecule has 0 saturated heterocycles. The minimum atomic E-state index is 0.656. The molecule has 0 atom stereocenters. The van der Waals surface area contributed by atoms with Crippen molar-refractivity contribution in [2.24, 2.45) is 5.73 Å². The Kier molecular flexibility index (Phi) is 4.10. The highest BCUT2D eigenvalue weighted by molar-refractivity contribution is 5.28. The normalized spacial score (nSPS) is 10.8. The van der Waals surface area contributed by atoms with Crippen molar-refractivity contribution in [2.75, 3.05) is 6.54 Å². The molecule has 0 fully saturated rings. The first-order chi connectivity index (χ1) is 8.78. The van der Waals surface area contributed by atoms with Gasteiger partial charge < -0.3 is 5.73 Å². The highest BCUT2D eigenvalue weighted by Gasteiger charge is 2.08. The van der Waals surface area contributed by atoms with Crippen LogP contribution < -0.4 is 5.73 Å². The van der Waals surface area contributed by atoms with E-state index in [4.69, 9.17) is 5.73 Å². The van der Waals surface area contributed by atoms with Crippen LogP contribution in [0, 0.1) is 0 Å². The number of hydrogen-bond donors (Lipinski definition) is 1. The van der Waals surface area contributed by atoms with Crippen LogP contribution in [0.25, 0.3) is 5.82 Å². The topological polar surface area (TPSA) is 56.7 Å². The molecule has 18 heavy (non-hydrogen) atoms. The van der Waals surface area contributed by atoms with E-state index in [1.165, 1.54) is 11.3 Å². The van der Waals surface area contributed by atoms with Gasteiger partial charge in [-0.05, 0) is 43.5 Å². The van der Waals surface area contributed by atoms with Gasteiger partial charge in [0.05, 0.1) is 5.69 Å². The molecule has 2 aromatic heterocycles. The summed E-state index contributed by atoms with van der Waals surface area (Å²) in [6.45, 7) is 4.91. The van der Waals surface area contributed by atoms with Crippen LogP contribution in [0.15, 0.2) is 24.4 Å². The predicted molar refractivity (Wildman–Crippen MR) is 72.9 cm³/mol. The van der Waals surface area contributed by atoms with Gasteiger partial charge in [-0.2, -0.15) is 5.10 Å². The Hall–Kier alpha value is -1.68. The molecule has 4 nitrogen and oxygen atoms in total. The Morgan fingerprint density at radius 1 is 1.22 bits per heavy atom. The molecule has 0 bridgehead atoms. The first kappa shape index (κ1) is 12.8. The summed E-state index contributed by atoms with van der Waals surface area (Å²) in [5, 5.41) is 4.57. The van der Waals surface area contributed by atoms with Crippen LogP contribution in [0.3, 0.4) is 0 Å². The van der Waals surface area contributed by atoms with Crippen molar-refractivity contribution in [3.8, 4) is 5.82 Å². The van der Waals surface area contributed by atoms with Gasteiger partial charge in [0.15, 0.2) is 5.82 Å². The molecule has 0 radical (unpaired) electrons. The lowest BCUT2D eigenvalue weighted by Crippen LogP contribution is -2.06. The number of rotatable bonds is 5. The summed E-state index contributed by atoms with van der Waals surface area (Å²) < 4.78 is 1.94. The second-order valence-electron chi connectivity index (χ2n) is 4.31. The molecule has 0 saturated carbocycles. The Balaban J connectivity index is 2.32. The summed E-state index contributed by atoms with van der Waals surface area (Å²) >= 11 is 0. The van der Waals surface area contributed by atoms with E-state index in [1.807, 2.05) is 16.9 Å². The number of pyridine rings is 1. The molecule has 0 unspecified atom stereocenters. The van der Waals surface area contributed by atoms with Crippen molar-refractivity contribution in [3.63, 3.8) is 0 Å². The molecule has 0 amide bonds. The average Bonchev–Trinajstić information content (AvgIpc) is 2.83. The zero-order valence-corrected chi connectivity index (χ0v) is 11.1. The molecule has 2 aromatic rings. The Bertz CT molecular complexity index is 499.